The fraction of sp³-hybridized carbons (Fsp3) is 0.750. The predicted molar refractivity (Wildman–Crippen MR) is 34.7 cm³/mol. The molecule has 0 aliphatic carbocycles. The summed E-state index contributed by atoms with van der Waals surface area (Å²) in [7, 11) is -1.56. The van der Waals surface area contributed by atoms with E-state index < -0.39 is 27.7 Å². The molecule has 0 aromatic rings. The van der Waals surface area contributed by atoms with Crippen molar-refractivity contribution in [1.82, 2.24) is 0 Å². The topological polar surface area (TPSA) is 34.1 Å². The van der Waals surface area contributed by atoms with Crippen LogP contribution in [0.1, 0.15) is 0 Å². The van der Waals surface area contributed by atoms with Crippen LogP contribution >= 0.6 is 11.6 Å². The zero-order chi connectivity index (χ0) is 8.36. The molecule has 0 aliphatic heterocycles. The maximum Gasteiger partial charge on any atom is 0.381 e. The minimum atomic E-state index is -3.87. The maximum absolute atomic E-state index is 11.8. The quantitative estimate of drug-likeness (QED) is 0.616. The van der Waals surface area contributed by atoms with E-state index in [0.717, 1.165) is 6.26 Å². The Bertz CT molecular complexity index is 165. The number of hydrogen-bond acceptors (Lipinski definition) is 2. The molecule has 60 valence electrons. The molecule has 0 heterocycles. The molecule has 0 amide bonds. The molecule has 0 saturated heterocycles. The summed E-state index contributed by atoms with van der Waals surface area (Å²) in [6.45, 7) is 0. The molecule has 0 radical (unpaired) electrons. The monoisotopic (exact) mass is 190 g/mol. The van der Waals surface area contributed by atoms with Gasteiger partial charge in [-0.15, -0.1) is 0 Å². The standard InChI is InChI=1S/C4H5ClF2O2S/c1-10(9)2-3(8)4(5,6)7/h2H2,1H3. The summed E-state index contributed by atoms with van der Waals surface area (Å²) in [4.78, 5) is 10.2. The molecule has 0 N–H and O–H groups in total. The number of alkyl halides is 3. The van der Waals surface area contributed by atoms with E-state index in [1.54, 1.807) is 0 Å². The average Bonchev–Trinajstić information content (AvgIpc) is 1.60. The molecule has 0 bridgehead atoms. The minimum Gasteiger partial charge on any atom is -0.290 e. The van der Waals surface area contributed by atoms with Crippen molar-refractivity contribution >= 4 is 28.2 Å². The van der Waals surface area contributed by atoms with Crippen LogP contribution in [0.15, 0.2) is 0 Å². The smallest absolute Gasteiger partial charge is 0.290 e. The van der Waals surface area contributed by atoms with Crippen molar-refractivity contribution in [2.24, 2.45) is 0 Å². The number of halogens is 3. The van der Waals surface area contributed by atoms with Gasteiger partial charge in [0.1, 0.15) is 0 Å². The number of rotatable bonds is 3. The van der Waals surface area contributed by atoms with Crippen LogP contribution in [-0.4, -0.2) is 27.4 Å². The van der Waals surface area contributed by atoms with Gasteiger partial charge in [0.05, 0.1) is 5.75 Å². The Morgan fingerprint density at radius 1 is 1.70 bits per heavy atom. The number of hydrogen-bond donors (Lipinski definition) is 0. The summed E-state index contributed by atoms with van der Waals surface area (Å²) < 4.78 is 33.7. The first kappa shape index (κ1) is 9.97. The molecule has 0 aromatic heterocycles. The third-order valence-electron chi connectivity index (χ3n) is 0.651. The van der Waals surface area contributed by atoms with Crippen LogP contribution in [0.5, 0.6) is 0 Å². The van der Waals surface area contributed by atoms with Crippen molar-refractivity contribution in [3.63, 3.8) is 0 Å². The average molecular weight is 191 g/mol. The van der Waals surface area contributed by atoms with E-state index in [1.165, 1.54) is 0 Å². The van der Waals surface area contributed by atoms with Gasteiger partial charge in [-0.1, -0.05) is 0 Å². The molecule has 6 heteroatoms. The molecule has 1 atom stereocenters. The maximum atomic E-state index is 11.8. The van der Waals surface area contributed by atoms with Crippen LogP contribution in [0.2, 0.25) is 0 Å². The van der Waals surface area contributed by atoms with Crippen molar-refractivity contribution in [2.45, 2.75) is 5.38 Å². The lowest BCUT2D eigenvalue weighted by atomic mass is 10.5. The summed E-state index contributed by atoms with van der Waals surface area (Å²) in [6.07, 6.45) is 1.15. The van der Waals surface area contributed by atoms with Crippen LogP contribution in [-0.2, 0) is 15.6 Å². The first-order valence-corrected chi connectivity index (χ1v) is 4.34. The second-order valence-corrected chi connectivity index (χ2v) is 3.55. The van der Waals surface area contributed by atoms with Gasteiger partial charge in [-0.2, -0.15) is 8.78 Å². The van der Waals surface area contributed by atoms with Crippen molar-refractivity contribution in [2.75, 3.05) is 12.0 Å². The molecular weight excluding hydrogens is 186 g/mol. The number of Topliss-reactive ketones (excluding diaryl/α,β-unsaturated/α-hetero) is 1. The Hall–Kier alpha value is -0.0300. The van der Waals surface area contributed by atoms with Crippen LogP contribution in [0.4, 0.5) is 8.78 Å². The summed E-state index contributed by atoms with van der Waals surface area (Å²) in [5.41, 5.74) is 0. The van der Waals surface area contributed by atoms with Gasteiger partial charge in [-0.3, -0.25) is 9.00 Å². The lowest BCUT2D eigenvalue weighted by Gasteiger charge is -2.02. The third kappa shape index (κ3) is 3.90. The molecule has 0 aromatic carbocycles. The van der Waals surface area contributed by atoms with E-state index in [-0.39, 0.29) is 0 Å². The second-order valence-electron chi connectivity index (χ2n) is 1.64. The van der Waals surface area contributed by atoms with E-state index in [2.05, 4.69) is 11.6 Å². The molecule has 0 rings (SSSR count). The number of ketones is 1. The number of carbonyl (C=O) groups excluding carboxylic acids is 1. The van der Waals surface area contributed by atoms with E-state index in [1.807, 2.05) is 0 Å². The van der Waals surface area contributed by atoms with Crippen molar-refractivity contribution in [3.05, 3.63) is 0 Å². The highest BCUT2D eigenvalue weighted by atomic mass is 35.5. The molecule has 0 spiro atoms. The normalized spacial score (nSPS) is 14.8. The Balaban J connectivity index is 3.99. The van der Waals surface area contributed by atoms with Crippen LogP contribution in [0, 0.1) is 0 Å². The molecule has 0 aliphatic rings. The zero-order valence-corrected chi connectivity index (χ0v) is 6.64. The molecule has 0 fully saturated rings. The minimum absolute atomic E-state index is 0.698. The highest BCUT2D eigenvalue weighted by Crippen LogP contribution is 2.19. The Labute approximate surface area is 64.0 Å². The highest BCUT2D eigenvalue weighted by Gasteiger charge is 2.35. The van der Waals surface area contributed by atoms with Crippen LogP contribution in [0.25, 0.3) is 0 Å². The lowest BCUT2D eigenvalue weighted by molar-refractivity contribution is -0.130. The van der Waals surface area contributed by atoms with Crippen LogP contribution < -0.4 is 0 Å². The number of carbonyl (C=O) groups is 1. The van der Waals surface area contributed by atoms with Gasteiger partial charge in [0.2, 0.25) is 5.78 Å². The molecule has 2 nitrogen and oxygen atoms in total. The van der Waals surface area contributed by atoms with Gasteiger partial charge in [0.25, 0.3) is 0 Å². The lowest BCUT2D eigenvalue weighted by Crippen LogP contribution is -2.26. The van der Waals surface area contributed by atoms with Crippen molar-refractivity contribution < 1.29 is 17.8 Å². The largest absolute Gasteiger partial charge is 0.381 e. The highest BCUT2D eigenvalue weighted by molar-refractivity contribution is 7.85. The summed E-state index contributed by atoms with van der Waals surface area (Å²) in [5.74, 6) is -2.20. The van der Waals surface area contributed by atoms with Gasteiger partial charge in [0.15, 0.2) is 0 Å². The fourth-order valence-electron chi connectivity index (χ4n) is 0.266. The summed E-state index contributed by atoms with van der Waals surface area (Å²) in [6, 6.07) is 0. The third-order valence-corrected chi connectivity index (χ3v) is 1.53. The first-order chi connectivity index (χ1) is 4.34. The van der Waals surface area contributed by atoms with E-state index in [4.69, 9.17) is 0 Å². The SMILES string of the molecule is CS(=O)CC(=O)C(F)(F)Cl. The van der Waals surface area contributed by atoms with E-state index in [0.29, 0.717) is 0 Å². The van der Waals surface area contributed by atoms with Gasteiger partial charge in [-0.25, -0.2) is 0 Å². The predicted octanol–water partition coefficient (Wildman–Crippen LogP) is 0.766. The van der Waals surface area contributed by atoms with Gasteiger partial charge < -0.3 is 0 Å². The van der Waals surface area contributed by atoms with Gasteiger partial charge in [0, 0.05) is 17.1 Å². The Morgan fingerprint density at radius 2 is 2.10 bits per heavy atom. The fourth-order valence-corrected chi connectivity index (χ4v) is 0.963. The Morgan fingerprint density at radius 3 is 2.20 bits per heavy atom. The summed E-state index contributed by atoms with van der Waals surface area (Å²) >= 11 is 4.31. The molecular formula is C4H5ClF2O2S. The van der Waals surface area contributed by atoms with E-state index in [9.17, 15) is 17.8 Å². The molecule has 1 unspecified atom stereocenters. The first-order valence-electron chi connectivity index (χ1n) is 2.24. The zero-order valence-electron chi connectivity index (χ0n) is 5.07. The van der Waals surface area contributed by atoms with E-state index >= 15 is 0 Å². The van der Waals surface area contributed by atoms with Gasteiger partial charge in [-0.05, 0) is 11.6 Å². The summed E-state index contributed by atoms with van der Waals surface area (Å²) in [5, 5.41) is -3.87. The second kappa shape index (κ2) is 3.39. The molecule has 0 saturated carbocycles. The van der Waals surface area contributed by atoms with Crippen molar-refractivity contribution in [3.8, 4) is 0 Å². The van der Waals surface area contributed by atoms with Gasteiger partial charge >= 0.3 is 5.38 Å². The molecule has 10 heavy (non-hydrogen) atoms. The van der Waals surface area contributed by atoms with Crippen LogP contribution in [0.3, 0.4) is 0 Å². The Kier molecular flexibility index (Phi) is 3.38. The van der Waals surface area contributed by atoms with Crippen molar-refractivity contribution in [1.29, 1.82) is 0 Å².